The van der Waals surface area contributed by atoms with Crippen LogP contribution in [0.2, 0.25) is 0 Å². The van der Waals surface area contributed by atoms with E-state index in [2.05, 4.69) is 4.90 Å². The van der Waals surface area contributed by atoms with E-state index in [0.717, 1.165) is 13.1 Å². The molecule has 21 heavy (non-hydrogen) atoms. The normalized spacial score (nSPS) is 19.1. The lowest BCUT2D eigenvalue weighted by molar-refractivity contribution is 0.0975. The zero-order valence-electron chi connectivity index (χ0n) is 11.9. The summed E-state index contributed by atoms with van der Waals surface area (Å²) < 4.78 is 35.8. The van der Waals surface area contributed by atoms with Gasteiger partial charge in [0.1, 0.15) is 5.82 Å². The van der Waals surface area contributed by atoms with Crippen molar-refractivity contribution in [2.24, 2.45) is 0 Å². The third-order valence-electron chi connectivity index (χ3n) is 3.69. The summed E-state index contributed by atoms with van der Waals surface area (Å²) in [6, 6.07) is 5.56. The molecule has 0 bridgehead atoms. The maximum atomic E-state index is 12.8. The quantitative estimate of drug-likeness (QED) is 0.779. The number of halogens is 1. The Morgan fingerprint density at radius 1 is 1.14 bits per heavy atom. The molecule has 0 saturated carbocycles. The Hall–Kier alpha value is -1.27. The number of carbonyl (C=O) groups excluding carboxylic acids is 1. The van der Waals surface area contributed by atoms with Crippen LogP contribution in [0.1, 0.15) is 29.6 Å². The second-order valence-electron chi connectivity index (χ2n) is 5.38. The summed E-state index contributed by atoms with van der Waals surface area (Å²) in [6.45, 7) is 2.04. The average Bonchev–Trinajstić information content (AvgIpc) is 2.61. The van der Waals surface area contributed by atoms with Gasteiger partial charge in [-0.25, -0.2) is 12.8 Å². The highest BCUT2D eigenvalue weighted by molar-refractivity contribution is 7.91. The number of Topliss-reactive ketones (excluding diaryl/α,β-unsaturated/α-hetero) is 1. The molecule has 1 saturated heterocycles. The lowest BCUT2D eigenvalue weighted by Gasteiger charge is -2.18. The Bertz CT molecular complexity index is 583. The number of nitrogens with zero attached hydrogens (tertiary/aromatic N) is 1. The number of hydrogen-bond acceptors (Lipinski definition) is 4. The molecule has 4 nitrogen and oxygen atoms in total. The van der Waals surface area contributed by atoms with Gasteiger partial charge in [-0.2, -0.15) is 0 Å². The first-order chi connectivity index (χ1) is 9.96. The molecule has 0 spiro atoms. The van der Waals surface area contributed by atoms with E-state index in [4.69, 9.17) is 0 Å². The number of rotatable bonds is 5. The molecular weight excluding hydrogens is 293 g/mol. The number of benzene rings is 1. The molecule has 0 aromatic heterocycles. The molecule has 0 amide bonds. The minimum absolute atomic E-state index is 0.00237. The molecular formula is C15H20FNO3S. The zero-order chi connectivity index (χ0) is 15.3. The standard InChI is InChI=1S/C15H20FNO3S/c16-14-6-4-13(5-7-14)15(18)3-1-8-17-9-2-11-21(19,20)12-10-17/h4-7H,1-3,8-12H2. The number of carbonyl (C=O) groups is 1. The van der Waals surface area contributed by atoms with E-state index >= 15 is 0 Å². The molecule has 1 heterocycles. The van der Waals surface area contributed by atoms with Gasteiger partial charge in [0.25, 0.3) is 0 Å². The SMILES string of the molecule is O=C(CCCN1CCCS(=O)(=O)CC1)c1ccc(F)cc1. The van der Waals surface area contributed by atoms with E-state index in [1.807, 2.05) is 0 Å². The number of hydrogen-bond donors (Lipinski definition) is 0. The van der Waals surface area contributed by atoms with Gasteiger partial charge in [0, 0.05) is 18.5 Å². The fraction of sp³-hybridized carbons (Fsp3) is 0.533. The van der Waals surface area contributed by atoms with Crippen molar-refractivity contribution in [3.8, 4) is 0 Å². The van der Waals surface area contributed by atoms with Crippen molar-refractivity contribution in [1.29, 1.82) is 0 Å². The van der Waals surface area contributed by atoms with Crippen molar-refractivity contribution in [2.45, 2.75) is 19.3 Å². The smallest absolute Gasteiger partial charge is 0.162 e. The highest BCUT2D eigenvalue weighted by Crippen LogP contribution is 2.10. The lowest BCUT2D eigenvalue weighted by Crippen LogP contribution is -2.28. The van der Waals surface area contributed by atoms with Crippen LogP contribution < -0.4 is 0 Å². The molecule has 0 N–H and O–H groups in total. The molecule has 1 aliphatic rings. The molecule has 2 rings (SSSR count). The van der Waals surface area contributed by atoms with Gasteiger partial charge in [0.2, 0.25) is 0 Å². The number of ketones is 1. The fourth-order valence-corrected chi connectivity index (χ4v) is 3.77. The number of sulfone groups is 1. The maximum Gasteiger partial charge on any atom is 0.162 e. The first kappa shape index (κ1) is 16.1. The van der Waals surface area contributed by atoms with Gasteiger partial charge in [-0.3, -0.25) is 4.79 Å². The largest absolute Gasteiger partial charge is 0.302 e. The van der Waals surface area contributed by atoms with Crippen LogP contribution in [0.4, 0.5) is 4.39 Å². The van der Waals surface area contributed by atoms with Crippen molar-refractivity contribution in [1.82, 2.24) is 4.90 Å². The summed E-state index contributed by atoms with van der Waals surface area (Å²) in [7, 11) is -2.88. The summed E-state index contributed by atoms with van der Waals surface area (Å²) in [4.78, 5) is 14.0. The molecule has 1 aromatic carbocycles. The summed E-state index contributed by atoms with van der Waals surface area (Å²) in [5, 5.41) is 0. The highest BCUT2D eigenvalue weighted by atomic mass is 32.2. The van der Waals surface area contributed by atoms with Gasteiger partial charge >= 0.3 is 0 Å². The Kier molecular flexibility index (Phi) is 5.47. The second kappa shape index (κ2) is 7.13. The third-order valence-corrected chi connectivity index (χ3v) is 5.41. The minimum Gasteiger partial charge on any atom is -0.302 e. The molecule has 0 atom stereocenters. The van der Waals surface area contributed by atoms with Gasteiger partial charge in [-0.05, 0) is 50.2 Å². The van der Waals surface area contributed by atoms with Crippen LogP contribution in [-0.2, 0) is 9.84 Å². The van der Waals surface area contributed by atoms with Crippen molar-refractivity contribution in [3.63, 3.8) is 0 Å². The van der Waals surface area contributed by atoms with E-state index in [9.17, 15) is 17.6 Å². The Morgan fingerprint density at radius 2 is 1.86 bits per heavy atom. The van der Waals surface area contributed by atoms with Crippen molar-refractivity contribution in [2.75, 3.05) is 31.1 Å². The van der Waals surface area contributed by atoms with Crippen molar-refractivity contribution in [3.05, 3.63) is 35.6 Å². The molecule has 0 radical (unpaired) electrons. The van der Waals surface area contributed by atoms with Crippen LogP contribution in [-0.4, -0.2) is 50.2 Å². The fourth-order valence-electron chi connectivity index (χ4n) is 2.46. The van der Waals surface area contributed by atoms with Crippen LogP contribution in [0.5, 0.6) is 0 Å². The molecule has 1 aromatic rings. The second-order valence-corrected chi connectivity index (χ2v) is 7.68. The van der Waals surface area contributed by atoms with Gasteiger partial charge in [-0.1, -0.05) is 0 Å². The summed E-state index contributed by atoms with van der Waals surface area (Å²) >= 11 is 0. The van der Waals surface area contributed by atoms with Crippen LogP contribution in [0.15, 0.2) is 24.3 Å². The van der Waals surface area contributed by atoms with E-state index in [0.29, 0.717) is 31.4 Å². The molecule has 0 aliphatic carbocycles. The molecule has 6 heteroatoms. The average molecular weight is 313 g/mol. The first-order valence-electron chi connectivity index (χ1n) is 7.18. The predicted octanol–water partition coefficient (Wildman–Crippen LogP) is 1.91. The summed E-state index contributed by atoms with van der Waals surface area (Å²) in [6.07, 6.45) is 1.75. The summed E-state index contributed by atoms with van der Waals surface area (Å²) in [5.74, 6) is 0.117. The van der Waals surface area contributed by atoms with Gasteiger partial charge in [-0.15, -0.1) is 0 Å². The Morgan fingerprint density at radius 3 is 2.57 bits per heavy atom. The van der Waals surface area contributed by atoms with Crippen molar-refractivity contribution < 1.29 is 17.6 Å². The zero-order valence-corrected chi connectivity index (χ0v) is 12.7. The van der Waals surface area contributed by atoms with Crippen molar-refractivity contribution >= 4 is 15.6 Å². The lowest BCUT2D eigenvalue weighted by atomic mass is 10.1. The van der Waals surface area contributed by atoms with Crippen LogP contribution in [0, 0.1) is 5.82 Å². The van der Waals surface area contributed by atoms with E-state index in [-0.39, 0.29) is 23.1 Å². The highest BCUT2D eigenvalue weighted by Gasteiger charge is 2.18. The van der Waals surface area contributed by atoms with Crippen LogP contribution in [0.3, 0.4) is 0 Å². The Balaban J connectivity index is 1.76. The van der Waals surface area contributed by atoms with Gasteiger partial charge in [0.05, 0.1) is 11.5 Å². The summed E-state index contributed by atoms with van der Waals surface area (Å²) in [5.41, 5.74) is 0.523. The predicted molar refractivity (Wildman–Crippen MR) is 79.7 cm³/mol. The maximum absolute atomic E-state index is 12.8. The van der Waals surface area contributed by atoms with E-state index < -0.39 is 9.84 Å². The molecule has 1 aliphatic heterocycles. The van der Waals surface area contributed by atoms with Crippen LogP contribution >= 0.6 is 0 Å². The van der Waals surface area contributed by atoms with Crippen LogP contribution in [0.25, 0.3) is 0 Å². The molecule has 116 valence electrons. The minimum atomic E-state index is -2.88. The monoisotopic (exact) mass is 313 g/mol. The van der Waals surface area contributed by atoms with E-state index in [1.54, 1.807) is 0 Å². The first-order valence-corrected chi connectivity index (χ1v) is 9.00. The topological polar surface area (TPSA) is 54.5 Å². The van der Waals surface area contributed by atoms with E-state index in [1.165, 1.54) is 24.3 Å². The van der Waals surface area contributed by atoms with Gasteiger partial charge < -0.3 is 4.90 Å². The molecule has 0 unspecified atom stereocenters. The molecule has 1 fully saturated rings. The third kappa shape index (κ3) is 5.21. The Labute approximate surface area is 124 Å². The van der Waals surface area contributed by atoms with Gasteiger partial charge in [0.15, 0.2) is 15.6 Å².